The van der Waals surface area contributed by atoms with Gasteiger partial charge in [0.2, 0.25) is 0 Å². The fraction of sp³-hybridized carbons (Fsp3) is 0.350. The maximum absolute atomic E-state index is 12.1. The van der Waals surface area contributed by atoms with Crippen LogP contribution in [0.1, 0.15) is 30.9 Å². The summed E-state index contributed by atoms with van der Waals surface area (Å²) >= 11 is 6.07. The summed E-state index contributed by atoms with van der Waals surface area (Å²) in [4.78, 5) is 12.1. The van der Waals surface area contributed by atoms with E-state index in [0.29, 0.717) is 35.5 Å². The molecule has 0 aliphatic heterocycles. The highest BCUT2D eigenvalue weighted by Gasteiger charge is 2.10. The van der Waals surface area contributed by atoms with Gasteiger partial charge in [-0.1, -0.05) is 37.6 Å². The van der Waals surface area contributed by atoms with Crippen LogP contribution in [-0.4, -0.2) is 26.3 Å². The van der Waals surface area contributed by atoms with Gasteiger partial charge in [0.05, 0.1) is 19.3 Å². The first kappa shape index (κ1) is 19.9. The minimum absolute atomic E-state index is 0.329. The van der Waals surface area contributed by atoms with Crippen molar-refractivity contribution in [1.29, 1.82) is 0 Å². The number of methoxy groups -OCH3 is 1. The van der Waals surface area contributed by atoms with Crippen molar-refractivity contribution in [3.8, 4) is 11.5 Å². The molecule has 6 heteroatoms. The summed E-state index contributed by atoms with van der Waals surface area (Å²) in [6, 6.07) is 11.1. The molecule has 0 saturated carbocycles. The zero-order chi connectivity index (χ0) is 19.1. The number of hydrogen-bond donors (Lipinski definition) is 2. The molecule has 0 aromatic heterocycles. The Hall–Kier alpha value is -2.40. The van der Waals surface area contributed by atoms with Gasteiger partial charge in [-0.15, -0.1) is 0 Å². The molecule has 0 bridgehead atoms. The number of ether oxygens (including phenoxy) is 2. The Labute approximate surface area is 159 Å². The average Bonchev–Trinajstić information content (AvgIpc) is 2.62. The predicted octanol–water partition coefficient (Wildman–Crippen LogP) is 4.98. The van der Waals surface area contributed by atoms with E-state index in [1.54, 1.807) is 12.1 Å². The lowest BCUT2D eigenvalue weighted by molar-refractivity contribution is 0.247. The first-order valence-corrected chi connectivity index (χ1v) is 8.90. The highest BCUT2D eigenvalue weighted by Crippen LogP contribution is 2.30. The van der Waals surface area contributed by atoms with Crippen molar-refractivity contribution >= 4 is 23.3 Å². The second-order valence-corrected chi connectivity index (χ2v) is 6.67. The van der Waals surface area contributed by atoms with Gasteiger partial charge in [-0.25, -0.2) is 4.79 Å². The largest absolute Gasteiger partial charge is 0.495 e. The second kappa shape index (κ2) is 9.34. The van der Waals surface area contributed by atoms with E-state index in [9.17, 15) is 4.79 Å². The number of nitrogens with one attached hydrogen (secondary N) is 2. The van der Waals surface area contributed by atoms with Gasteiger partial charge in [0.1, 0.15) is 18.1 Å². The molecule has 26 heavy (non-hydrogen) atoms. The van der Waals surface area contributed by atoms with E-state index in [2.05, 4.69) is 30.5 Å². The highest BCUT2D eigenvalue weighted by molar-refractivity contribution is 6.31. The first-order valence-electron chi connectivity index (χ1n) is 8.52. The van der Waals surface area contributed by atoms with E-state index in [0.717, 1.165) is 11.3 Å². The lowest BCUT2D eigenvalue weighted by atomic mass is 10.0. The van der Waals surface area contributed by atoms with Gasteiger partial charge in [0.25, 0.3) is 0 Å². The van der Waals surface area contributed by atoms with Gasteiger partial charge < -0.3 is 20.1 Å². The Kier molecular flexibility index (Phi) is 7.16. The number of carbonyl (C=O) groups is 1. The molecule has 2 rings (SSSR count). The van der Waals surface area contributed by atoms with Crippen molar-refractivity contribution in [1.82, 2.24) is 5.32 Å². The molecule has 2 aromatic rings. The number of carbonyl (C=O) groups excluding carboxylic acids is 1. The van der Waals surface area contributed by atoms with Crippen LogP contribution in [0.15, 0.2) is 36.4 Å². The van der Waals surface area contributed by atoms with Crippen molar-refractivity contribution in [2.45, 2.75) is 26.7 Å². The molecule has 2 amide bonds. The van der Waals surface area contributed by atoms with E-state index in [1.165, 1.54) is 12.7 Å². The minimum Gasteiger partial charge on any atom is -0.495 e. The van der Waals surface area contributed by atoms with Crippen LogP contribution in [0.3, 0.4) is 0 Å². The molecule has 0 aliphatic carbocycles. The van der Waals surface area contributed by atoms with Crippen molar-refractivity contribution in [2.24, 2.45) is 0 Å². The van der Waals surface area contributed by atoms with Gasteiger partial charge in [-0.3, -0.25) is 0 Å². The third kappa shape index (κ3) is 5.56. The lowest BCUT2D eigenvalue weighted by Crippen LogP contribution is -2.32. The second-order valence-electron chi connectivity index (χ2n) is 6.26. The molecule has 0 aliphatic rings. The SMILES string of the molecule is COc1cc(Cl)c(C)cc1NC(=O)NCCOc1cccc(C(C)C)c1. The van der Waals surface area contributed by atoms with Gasteiger partial charge in [-0.05, 0) is 42.2 Å². The van der Waals surface area contributed by atoms with Gasteiger partial charge >= 0.3 is 6.03 Å². The molecule has 5 nitrogen and oxygen atoms in total. The first-order chi connectivity index (χ1) is 12.4. The van der Waals surface area contributed by atoms with Gasteiger partial charge in [0, 0.05) is 11.1 Å². The maximum Gasteiger partial charge on any atom is 0.319 e. The van der Waals surface area contributed by atoms with Crippen molar-refractivity contribution in [3.63, 3.8) is 0 Å². The standard InChI is InChI=1S/C20H25ClN2O3/c1-13(2)15-6-5-7-16(11-15)26-9-8-22-20(24)23-18-10-14(3)17(21)12-19(18)25-4/h5-7,10-13H,8-9H2,1-4H3,(H2,22,23,24). The normalized spacial score (nSPS) is 10.5. The molecule has 0 spiro atoms. The van der Waals surface area contributed by atoms with Crippen molar-refractivity contribution < 1.29 is 14.3 Å². The lowest BCUT2D eigenvalue weighted by Gasteiger charge is -2.13. The molecular weight excluding hydrogens is 352 g/mol. The van der Waals surface area contributed by atoms with Crippen LogP contribution in [0.25, 0.3) is 0 Å². The highest BCUT2D eigenvalue weighted by atomic mass is 35.5. The van der Waals surface area contributed by atoms with E-state index < -0.39 is 0 Å². The number of anilines is 1. The maximum atomic E-state index is 12.1. The fourth-order valence-corrected chi connectivity index (χ4v) is 2.55. The monoisotopic (exact) mass is 376 g/mol. The van der Waals surface area contributed by atoms with Crippen LogP contribution in [-0.2, 0) is 0 Å². The molecule has 2 N–H and O–H groups in total. The molecule has 0 radical (unpaired) electrons. The molecule has 0 unspecified atom stereocenters. The zero-order valence-corrected chi connectivity index (χ0v) is 16.3. The third-order valence-corrected chi connectivity index (χ3v) is 4.32. The van der Waals surface area contributed by atoms with Crippen LogP contribution < -0.4 is 20.1 Å². The number of hydrogen-bond acceptors (Lipinski definition) is 3. The van der Waals surface area contributed by atoms with Crippen LogP contribution in [0, 0.1) is 6.92 Å². The molecule has 0 fully saturated rings. The molecule has 0 atom stereocenters. The Bertz CT molecular complexity index is 763. The van der Waals surface area contributed by atoms with Crippen LogP contribution >= 0.6 is 11.6 Å². The number of aryl methyl sites for hydroxylation is 1. The van der Waals surface area contributed by atoms with Crippen LogP contribution in [0.5, 0.6) is 11.5 Å². The Morgan fingerprint density at radius 1 is 1.23 bits per heavy atom. The van der Waals surface area contributed by atoms with Gasteiger partial charge in [-0.2, -0.15) is 0 Å². The summed E-state index contributed by atoms with van der Waals surface area (Å²) < 4.78 is 10.9. The molecule has 0 saturated heterocycles. The topological polar surface area (TPSA) is 59.6 Å². The summed E-state index contributed by atoms with van der Waals surface area (Å²) in [5, 5.41) is 6.11. The number of halogens is 1. The molecule has 0 heterocycles. The van der Waals surface area contributed by atoms with Crippen molar-refractivity contribution in [2.75, 3.05) is 25.6 Å². The predicted molar refractivity (Wildman–Crippen MR) is 106 cm³/mol. The fourth-order valence-electron chi connectivity index (χ4n) is 2.39. The van der Waals surface area contributed by atoms with E-state index >= 15 is 0 Å². The Morgan fingerprint density at radius 2 is 2.00 bits per heavy atom. The van der Waals surface area contributed by atoms with E-state index in [-0.39, 0.29) is 6.03 Å². The number of benzene rings is 2. The summed E-state index contributed by atoms with van der Waals surface area (Å²) in [5.41, 5.74) is 2.65. The molecule has 140 valence electrons. The average molecular weight is 377 g/mol. The summed E-state index contributed by atoms with van der Waals surface area (Å²) in [5.74, 6) is 1.76. The van der Waals surface area contributed by atoms with Gasteiger partial charge in [0.15, 0.2) is 0 Å². The van der Waals surface area contributed by atoms with Crippen molar-refractivity contribution in [3.05, 3.63) is 52.5 Å². The van der Waals surface area contributed by atoms with Crippen LogP contribution in [0.2, 0.25) is 5.02 Å². The summed E-state index contributed by atoms with van der Waals surface area (Å²) in [6.07, 6.45) is 0. The number of urea groups is 1. The minimum atomic E-state index is -0.329. The number of amides is 2. The van der Waals surface area contributed by atoms with E-state index in [4.69, 9.17) is 21.1 Å². The third-order valence-electron chi connectivity index (χ3n) is 3.91. The Balaban J connectivity index is 1.83. The summed E-state index contributed by atoms with van der Waals surface area (Å²) in [7, 11) is 1.53. The Morgan fingerprint density at radius 3 is 2.69 bits per heavy atom. The van der Waals surface area contributed by atoms with Crippen LogP contribution in [0.4, 0.5) is 10.5 Å². The summed E-state index contributed by atoms with van der Waals surface area (Å²) in [6.45, 7) is 6.90. The zero-order valence-electron chi connectivity index (χ0n) is 15.6. The van der Waals surface area contributed by atoms with E-state index in [1.807, 2.05) is 25.1 Å². The number of rotatable bonds is 7. The quantitative estimate of drug-likeness (QED) is 0.670. The molecular formula is C20H25ClN2O3. The smallest absolute Gasteiger partial charge is 0.319 e. The molecule has 2 aromatic carbocycles.